The van der Waals surface area contributed by atoms with Gasteiger partial charge < -0.3 is 24.8 Å². The number of hydrogen-bond donors (Lipinski definition) is 3. The molecule has 0 heterocycles. The standard InChI is InChI=1S/C24H26O6/c1-15(2)24(20(27)11-7-16-5-9-18(25)22(13-16)29-3)21(28)12-8-17-6-10-19(26)23(14-17)30-4/h5-15,25-27H,1-4H3/b11-7+,12-8+,24-20?. The van der Waals surface area contributed by atoms with Gasteiger partial charge in [0.25, 0.3) is 0 Å². The van der Waals surface area contributed by atoms with Crippen molar-refractivity contribution in [1.82, 2.24) is 0 Å². The number of ether oxygens (including phenoxy) is 2. The summed E-state index contributed by atoms with van der Waals surface area (Å²) in [5, 5.41) is 29.8. The molecule has 0 unspecified atom stereocenters. The highest BCUT2D eigenvalue weighted by molar-refractivity contribution is 6.07. The highest BCUT2D eigenvalue weighted by atomic mass is 16.5. The Kier molecular flexibility index (Phi) is 7.69. The molecule has 0 spiro atoms. The van der Waals surface area contributed by atoms with E-state index >= 15 is 0 Å². The van der Waals surface area contributed by atoms with Crippen LogP contribution in [0.1, 0.15) is 25.0 Å². The highest BCUT2D eigenvalue weighted by Crippen LogP contribution is 2.28. The molecule has 2 rings (SSSR count). The molecule has 0 amide bonds. The smallest absolute Gasteiger partial charge is 0.185 e. The molecule has 0 aromatic heterocycles. The van der Waals surface area contributed by atoms with Crippen LogP contribution in [-0.2, 0) is 4.79 Å². The molecule has 0 atom stereocenters. The van der Waals surface area contributed by atoms with Crippen molar-refractivity contribution in [3.05, 3.63) is 71.0 Å². The fraction of sp³-hybridized carbons (Fsp3) is 0.208. The van der Waals surface area contributed by atoms with Gasteiger partial charge in [0.1, 0.15) is 5.76 Å². The van der Waals surface area contributed by atoms with E-state index in [1.54, 1.807) is 36.4 Å². The molecule has 0 saturated heterocycles. The lowest BCUT2D eigenvalue weighted by molar-refractivity contribution is -0.111. The average molecular weight is 410 g/mol. The third kappa shape index (κ3) is 5.67. The van der Waals surface area contributed by atoms with E-state index in [0.717, 1.165) is 0 Å². The zero-order valence-electron chi connectivity index (χ0n) is 17.4. The SMILES string of the molecule is COc1cc(/C=C/C(=O)C(=C(O)/C=C/c2ccc(O)c(OC)c2)C(C)C)ccc1O. The van der Waals surface area contributed by atoms with Crippen LogP contribution in [0.5, 0.6) is 23.0 Å². The van der Waals surface area contributed by atoms with Crippen molar-refractivity contribution < 1.29 is 29.6 Å². The molecule has 6 heteroatoms. The number of benzene rings is 2. The topological polar surface area (TPSA) is 96.2 Å². The first-order chi connectivity index (χ1) is 14.3. The lowest BCUT2D eigenvalue weighted by atomic mass is 9.96. The highest BCUT2D eigenvalue weighted by Gasteiger charge is 2.15. The number of rotatable bonds is 8. The van der Waals surface area contributed by atoms with E-state index in [4.69, 9.17) is 9.47 Å². The minimum atomic E-state index is -0.331. The van der Waals surface area contributed by atoms with E-state index in [1.807, 2.05) is 13.8 Å². The maximum Gasteiger partial charge on any atom is 0.185 e. The van der Waals surface area contributed by atoms with E-state index in [2.05, 4.69) is 0 Å². The first-order valence-corrected chi connectivity index (χ1v) is 9.34. The van der Waals surface area contributed by atoms with Gasteiger partial charge in [0.2, 0.25) is 0 Å². The molecule has 3 N–H and O–H groups in total. The average Bonchev–Trinajstić information content (AvgIpc) is 2.72. The number of aliphatic hydroxyl groups excluding tert-OH is 1. The van der Waals surface area contributed by atoms with Gasteiger partial charge in [-0.25, -0.2) is 0 Å². The van der Waals surface area contributed by atoms with Crippen molar-refractivity contribution in [2.75, 3.05) is 14.2 Å². The second-order valence-electron chi connectivity index (χ2n) is 6.85. The minimum Gasteiger partial charge on any atom is -0.508 e. The molecule has 0 fully saturated rings. The Labute approximate surface area is 176 Å². The molecule has 158 valence electrons. The molecular formula is C24H26O6. The fourth-order valence-corrected chi connectivity index (χ4v) is 2.83. The molecule has 0 aliphatic heterocycles. The Balaban J connectivity index is 2.28. The number of aliphatic hydroxyl groups is 1. The molecule has 0 radical (unpaired) electrons. The van der Waals surface area contributed by atoms with Crippen molar-refractivity contribution in [2.24, 2.45) is 5.92 Å². The number of allylic oxidation sites excluding steroid dienone is 3. The van der Waals surface area contributed by atoms with E-state index < -0.39 is 0 Å². The van der Waals surface area contributed by atoms with E-state index in [0.29, 0.717) is 22.6 Å². The first-order valence-electron chi connectivity index (χ1n) is 9.34. The van der Waals surface area contributed by atoms with Crippen molar-refractivity contribution in [3.63, 3.8) is 0 Å². The Morgan fingerprint density at radius 1 is 0.867 bits per heavy atom. The monoisotopic (exact) mass is 410 g/mol. The van der Waals surface area contributed by atoms with Crippen LogP contribution in [0.4, 0.5) is 0 Å². The molecule has 0 aliphatic rings. The van der Waals surface area contributed by atoms with Gasteiger partial charge in [-0.05, 0) is 53.5 Å². The Morgan fingerprint density at radius 3 is 1.77 bits per heavy atom. The van der Waals surface area contributed by atoms with Crippen LogP contribution in [0.3, 0.4) is 0 Å². The van der Waals surface area contributed by atoms with Crippen LogP contribution in [-0.4, -0.2) is 35.3 Å². The lowest BCUT2D eigenvalue weighted by Crippen LogP contribution is -2.08. The van der Waals surface area contributed by atoms with Crippen LogP contribution in [0, 0.1) is 5.92 Å². The Bertz CT molecular complexity index is 999. The van der Waals surface area contributed by atoms with Gasteiger partial charge in [-0.1, -0.05) is 38.1 Å². The van der Waals surface area contributed by atoms with Crippen molar-refractivity contribution in [2.45, 2.75) is 13.8 Å². The van der Waals surface area contributed by atoms with E-state index in [9.17, 15) is 20.1 Å². The quantitative estimate of drug-likeness (QED) is 0.326. The van der Waals surface area contributed by atoms with Gasteiger partial charge in [0.05, 0.1) is 14.2 Å². The predicted octanol–water partition coefficient (Wildman–Crippen LogP) is 4.88. The third-order valence-electron chi connectivity index (χ3n) is 4.39. The Hall–Kier alpha value is -3.67. The summed E-state index contributed by atoms with van der Waals surface area (Å²) in [4.78, 5) is 12.7. The summed E-state index contributed by atoms with van der Waals surface area (Å²) >= 11 is 0. The molecule has 2 aromatic rings. The number of carbonyl (C=O) groups is 1. The molecule has 0 saturated carbocycles. The largest absolute Gasteiger partial charge is 0.508 e. The van der Waals surface area contributed by atoms with Crippen LogP contribution in [0.2, 0.25) is 0 Å². The van der Waals surface area contributed by atoms with Crippen LogP contribution < -0.4 is 9.47 Å². The number of phenolic OH excluding ortho intramolecular Hbond substituents is 2. The number of carbonyl (C=O) groups excluding carboxylic acids is 1. The van der Waals surface area contributed by atoms with Crippen molar-refractivity contribution in [1.29, 1.82) is 0 Å². The summed E-state index contributed by atoms with van der Waals surface area (Å²) in [7, 11) is 2.90. The summed E-state index contributed by atoms with van der Waals surface area (Å²) in [6.07, 6.45) is 6.03. The van der Waals surface area contributed by atoms with Crippen molar-refractivity contribution >= 4 is 17.9 Å². The summed E-state index contributed by atoms with van der Waals surface area (Å²) in [6.45, 7) is 3.64. The van der Waals surface area contributed by atoms with Gasteiger partial charge in [0.15, 0.2) is 28.8 Å². The second-order valence-corrected chi connectivity index (χ2v) is 6.85. The number of aromatic hydroxyl groups is 2. The zero-order valence-corrected chi connectivity index (χ0v) is 17.4. The van der Waals surface area contributed by atoms with Crippen LogP contribution in [0.15, 0.2) is 59.9 Å². The van der Waals surface area contributed by atoms with Crippen LogP contribution in [0.25, 0.3) is 12.2 Å². The maximum atomic E-state index is 12.7. The van der Waals surface area contributed by atoms with E-state index in [-0.39, 0.29) is 34.5 Å². The summed E-state index contributed by atoms with van der Waals surface area (Å²) in [5.74, 6) is -0.0406. The second kappa shape index (κ2) is 10.2. The van der Waals surface area contributed by atoms with Gasteiger partial charge in [0, 0.05) is 5.57 Å². The molecule has 0 aliphatic carbocycles. The summed E-state index contributed by atoms with van der Waals surface area (Å²) in [5.41, 5.74) is 1.63. The van der Waals surface area contributed by atoms with Crippen molar-refractivity contribution in [3.8, 4) is 23.0 Å². The summed E-state index contributed by atoms with van der Waals surface area (Å²) in [6, 6.07) is 9.51. The van der Waals surface area contributed by atoms with Gasteiger partial charge >= 0.3 is 0 Å². The fourth-order valence-electron chi connectivity index (χ4n) is 2.83. The van der Waals surface area contributed by atoms with Crippen LogP contribution >= 0.6 is 0 Å². The number of phenols is 2. The number of ketones is 1. The minimum absolute atomic E-state index is 0.0115. The normalized spacial score (nSPS) is 12.4. The number of methoxy groups -OCH3 is 2. The Morgan fingerprint density at radius 2 is 1.33 bits per heavy atom. The predicted molar refractivity (Wildman–Crippen MR) is 117 cm³/mol. The zero-order chi connectivity index (χ0) is 22.3. The third-order valence-corrected chi connectivity index (χ3v) is 4.39. The molecular weight excluding hydrogens is 384 g/mol. The lowest BCUT2D eigenvalue weighted by Gasteiger charge is -2.10. The summed E-state index contributed by atoms with van der Waals surface area (Å²) < 4.78 is 10.1. The molecule has 6 nitrogen and oxygen atoms in total. The maximum absolute atomic E-state index is 12.7. The van der Waals surface area contributed by atoms with Gasteiger partial charge in [-0.2, -0.15) is 0 Å². The van der Waals surface area contributed by atoms with E-state index in [1.165, 1.54) is 38.5 Å². The molecule has 30 heavy (non-hydrogen) atoms. The molecule has 2 aromatic carbocycles. The first kappa shape index (κ1) is 22.6. The van der Waals surface area contributed by atoms with Gasteiger partial charge in [-0.15, -0.1) is 0 Å². The van der Waals surface area contributed by atoms with Gasteiger partial charge in [-0.3, -0.25) is 4.79 Å². The molecule has 0 bridgehead atoms. The number of hydrogen-bond acceptors (Lipinski definition) is 6.